The number of halogens is 2. The van der Waals surface area contributed by atoms with Crippen LogP contribution in [0.1, 0.15) is 5.56 Å². The van der Waals surface area contributed by atoms with E-state index < -0.39 is 21.7 Å². The van der Waals surface area contributed by atoms with Gasteiger partial charge in [-0.05, 0) is 23.8 Å². The minimum atomic E-state index is -3.44. The molecule has 0 aliphatic carbocycles. The molecule has 1 aliphatic heterocycles. The number of benzene rings is 2. The van der Waals surface area contributed by atoms with Crippen molar-refractivity contribution in [2.24, 2.45) is 0 Å². The summed E-state index contributed by atoms with van der Waals surface area (Å²) in [5.74, 6) is -1.17. The molecule has 1 aromatic heterocycles. The van der Waals surface area contributed by atoms with Crippen molar-refractivity contribution in [3.05, 3.63) is 71.9 Å². The van der Waals surface area contributed by atoms with Crippen molar-refractivity contribution in [3.8, 4) is 0 Å². The predicted octanol–water partition coefficient (Wildman–Crippen LogP) is 3.17. The second-order valence-electron chi connectivity index (χ2n) is 6.71. The summed E-state index contributed by atoms with van der Waals surface area (Å²) in [6.07, 6.45) is 1.44. The molecule has 1 saturated heterocycles. The zero-order valence-corrected chi connectivity index (χ0v) is 15.9. The van der Waals surface area contributed by atoms with Gasteiger partial charge in [0.05, 0.1) is 16.8 Å². The first kappa shape index (κ1) is 18.8. The summed E-state index contributed by atoms with van der Waals surface area (Å²) in [6, 6.07) is 12.8. The Morgan fingerprint density at radius 1 is 0.893 bits per heavy atom. The Morgan fingerprint density at radius 2 is 1.57 bits per heavy atom. The van der Waals surface area contributed by atoms with E-state index in [0.29, 0.717) is 18.8 Å². The van der Waals surface area contributed by atoms with E-state index in [0.717, 1.165) is 17.7 Å². The molecule has 4 rings (SSSR count). The third-order valence-electron chi connectivity index (χ3n) is 4.93. The van der Waals surface area contributed by atoms with E-state index in [9.17, 15) is 17.2 Å². The van der Waals surface area contributed by atoms with Crippen LogP contribution in [0.3, 0.4) is 0 Å². The number of rotatable bonds is 4. The fourth-order valence-electron chi connectivity index (χ4n) is 3.52. The Balaban J connectivity index is 1.54. The standard InChI is InChI=1S/C20H19F2N3O2S/c21-16-6-7-17(22)20-19(16)18(8-9-23-20)24-10-12-25(13-11-24)28(26,27)14-15-4-2-1-3-5-15/h1-9H,10-14H2. The SMILES string of the molecule is O=S(=O)(Cc1ccccc1)N1CCN(c2ccnc3c(F)ccc(F)c23)CC1. The average molecular weight is 403 g/mol. The maximum Gasteiger partial charge on any atom is 0.218 e. The fraction of sp³-hybridized carbons (Fsp3) is 0.250. The largest absolute Gasteiger partial charge is 0.368 e. The maximum atomic E-state index is 14.4. The van der Waals surface area contributed by atoms with Crippen LogP contribution in [0.25, 0.3) is 10.9 Å². The first-order valence-corrected chi connectivity index (χ1v) is 10.6. The molecule has 2 heterocycles. The molecule has 146 valence electrons. The maximum absolute atomic E-state index is 14.4. The van der Waals surface area contributed by atoms with E-state index in [-0.39, 0.29) is 29.7 Å². The van der Waals surface area contributed by atoms with Gasteiger partial charge in [0, 0.05) is 32.4 Å². The fourth-order valence-corrected chi connectivity index (χ4v) is 5.04. The monoisotopic (exact) mass is 403 g/mol. The molecule has 1 fully saturated rings. The van der Waals surface area contributed by atoms with Gasteiger partial charge in [-0.1, -0.05) is 30.3 Å². The number of pyridine rings is 1. The zero-order chi connectivity index (χ0) is 19.7. The van der Waals surface area contributed by atoms with Crippen LogP contribution in [-0.2, 0) is 15.8 Å². The van der Waals surface area contributed by atoms with Crippen molar-refractivity contribution in [1.82, 2.24) is 9.29 Å². The van der Waals surface area contributed by atoms with Crippen molar-refractivity contribution in [3.63, 3.8) is 0 Å². The molecule has 2 aromatic carbocycles. The molecule has 0 unspecified atom stereocenters. The molecule has 0 N–H and O–H groups in total. The minimum absolute atomic E-state index is 0.0170. The lowest BCUT2D eigenvalue weighted by molar-refractivity contribution is 0.384. The summed E-state index contributed by atoms with van der Waals surface area (Å²) in [4.78, 5) is 5.83. The Kier molecular flexibility index (Phi) is 4.99. The van der Waals surface area contributed by atoms with E-state index in [2.05, 4.69) is 4.98 Å². The van der Waals surface area contributed by atoms with E-state index in [4.69, 9.17) is 0 Å². The molecule has 0 spiro atoms. The molecule has 28 heavy (non-hydrogen) atoms. The third kappa shape index (κ3) is 3.57. The molecule has 0 bridgehead atoms. The Bertz CT molecular complexity index is 1100. The van der Waals surface area contributed by atoms with Crippen LogP contribution in [-0.4, -0.2) is 43.9 Å². The highest BCUT2D eigenvalue weighted by molar-refractivity contribution is 7.88. The molecule has 0 saturated carbocycles. The number of anilines is 1. The summed E-state index contributed by atoms with van der Waals surface area (Å²) in [5, 5.41) is 0.128. The lowest BCUT2D eigenvalue weighted by atomic mass is 10.1. The van der Waals surface area contributed by atoms with Crippen molar-refractivity contribution in [2.45, 2.75) is 5.75 Å². The number of fused-ring (bicyclic) bond motifs is 1. The van der Waals surface area contributed by atoms with Crippen molar-refractivity contribution >= 4 is 26.6 Å². The van der Waals surface area contributed by atoms with Crippen LogP contribution in [0, 0.1) is 11.6 Å². The Morgan fingerprint density at radius 3 is 2.29 bits per heavy atom. The van der Waals surface area contributed by atoms with Gasteiger partial charge in [0.2, 0.25) is 10.0 Å². The number of hydrogen-bond acceptors (Lipinski definition) is 4. The molecule has 5 nitrogen and oxygen atoms in total. The Labute approximate surface area is 162 Å². The van der Waals surface area contributed by atoms with Crippen LogP contribution in [0.15, 0.2) is 54.7 Å². The van der Waals surface area contributed by atoms with Gasteiger partial charge in [-0.3, -0.25) is 4.98 Å². The topological polar surface area (TPSA) is 53.5 Å². The third-order valence-corrected chi connectivity index (χ3v) is 6.78. The number of sulfonamides is 1. The average Bonchev–Trinajstić information content (AvgIpc) is 2.71. The van der Waals surface area contributed by atoms with Gasteiger partial charge < -0.3 is 4.90 Å². The van der Waals surface area contributed by atoms with Crippen LogP contribution >= 0.6 is 0 Å². The molecule has 0 atom stereocenters. The summed E-state index contributed by atoms with van der Waals surface area (Å²) in [6.45, 7) is 1.36. The summed E-state index contributed by atoms with van der Waals surface area (Å²) < 4.78 is 55.2. The van der Waals surface area contributed by atoms with Crippen LogP contribution < -0.4 is 4.90 Å². The number of piperazine rings is 1. The van der Waals surface area contributed by atoms with Gasteiger partial charge in [0.15, 0.2) is 0 Å². The van der Waals surface area contributed by atoms with E-state index in [1.807, 2.05) is 23.1 Å². The second kappa shape index (κ2) is 7.44. The van der Waals surface area contributed by atoms with Crippen LogP contribution in [0.4, 0.5) is 14.5 Å². The molecule has 8 heteroatoms. The lowest BCUT2D eigenvalue weighted by Gasteiger charge is -2.35. The van der Waals surface area contributed by atoms with Crippen LogP contribution in [0.5, 0.6) is 0 Å². The first-order chi connectivity index (χ1) is 13.5. The van der Waals surface area contributed by atoms with Crippen molar-refractivity contribution in [1.29, 1.82) is 0 Å². The summed E-state index contributed by atoms with van der Waals surface area (Å²) in [5.41, 5.74) is 1.25. The zero-order valence-electron chi connectivity index (χ0n) is 15.1. The molecule has 0 radical (unpaired) electrons. The van der Waals surface area contributed by atoms with E-state index in [1.165, 1.54) is 10.5 Å². The molecule has 3 aromatic rings. The highest BCUT2D eigenvalue weighted by Gasteiger charge is 2.28. The van der Waals surface area contributed by atoms with Crippen molar-refractivity contribution < 1.29 is 17.2 Å². The number of aromatic nitrogens is 1. The first-order valence-electron chi connectivity index (χ1n) is 8.95. The van der Waals surface area contributed by atoms with Gasteiger partial charge in [0.1, 0.15) is 17.2 Å². The van der Waals surface area contributed by atoms with E-state index >= 15 is 0 Å². The second-order valence-corrected chi connectivity index (χ2v) is 8.68. The van der Waals surface area contributed by atoms with E-state index in [1.54, 1.807) is 18.2 Å². The molecule has 1 aliphatic rings. The molecular formula is C20H19F2N3O2S. The molecular weight excluding hydrogens is 384 g/mol. The van der Waals surface area contributed by atoms with Gasteiger partial charge in [-0.15, -0.1) is 0 Å². The normalized spacial score (nSPS) is 15.9. The van der Waals surface area contributed by atoms with Crippen LogP contribution in [0.2, 0.25) is 0 Å². The highest BCUT2D eigenvalue weighted by Crippen LogP contribution is 2.30. The lowest BCUT2D eigenvalue weighted by Crippen LogP contribution is -2.49. The van der Waals surface area contributed by atoms with Gasteiger partial charge >= 0.3 is 0 Å². The predicted molar refractivity (Wildman–Crippen MR) is 105 cm³/mol. The summed E-state index contributed by atoms with van der Waals surface area (Å²) >= 11 is 0. The minimum Gasteiger partial charge on any atom is -0.368 e. The summed E-state index contributed by atoms with van der Waals surface area (Å²) in [7, 11) is -3.44. The quantitative estimate of drug-likeness (QED) is 0.672. The highest BCUT2D eigenvalue weighted by atomic mass is 32.2. The van der Waals surface area contributed by atoms with Crippen molar-refractivity contribution in [2.75, 3.05) is 31.1 Å². The molecule has 0 amide bonds. The van der Waals surface area contributed by atoms with Gasteiger partial charge in [-0.2, -0.15) is 4.31 Å². The van der Waals surface area contributed by atoms with Gasteiger partial charge in [-0.25, -0.2) is 17.2 Å². The Hall–Kier alpha value is -2.58. The number of hydrogen-bond donors (Lipinski definition) is 0. The number of nitrogens with zero attached hydrogens (tertiary/aromatic N) is 3. The van der Waals surface area contributed by atoms with Gasteiger partial charge in [0.25, 0.3) is 0 Å². The smallest absolute Gasteiger partial charge is 0.218 e.